The summed E-state index contributed by atoms with van der Waals surface area (Å²) in [5.41, 5.74) is 1.25. The Morgan fingerprint density at radius 2 is 2.13 bits per heavy atom. The summed E-state index contributed by atoms with van der Waals surface area (Å²) in [4.78, 5) is 0. The van der Waals surface area contributed by atoms with Gasteiger partial charge in [0.25, 0.3) is 0 Å². The molecular weight excluding hydrogens is 186 g/mol. The quantitative estimate of drug-likeness (QED) is 0.818. The van der Waals surface area contributed by atoms with Gasteiger partial charge in [0.15, 0.2) is 0 Å². The summed E-state index contributed by atoms with van der Waals surface area (Å²) < 4.78 is 5.50. The van der Waals surface area contributed by atoms with Crippen LogP contribution in [0.15, 0.2) is 16.7 Å². The zero-order valence-corrected chi connectivity index (χ0v) is 9.92. The smallest absolute Gasteiger partial charge is 0.123 e. The molecule has 84 valence electrons. The summed E-state index contributed by atoms with van der Waals surface area (Å²) in [6.07, 6.45) is 5.96. The molecule has 2 nitrogen and oxygen atoms in total. The van der Waals surface area contributed by atoms with Gasteiger partial charge >= 0.3 is 0 Å². The van der Waals surface area contributed by atoms with E-state index in [4.69, 9.17) is 4.42 Å². The molecule has 2 unspecified atom stereocenters. The Labute approximate surface area is 92.1 Å². The van der Waals surface area contributed by atoms with Crippen LogP contribution in [0.4, 0.5) is 0 Å². The second-order valence-corrected chi connectivity index (χ2v) is 4.84. The molecule has 1 fully saturated rings. The zero-order chi connectivity index (χ0) is 10.8. The predicted molar refractivity (Wildman–Crippen MR) is 61.8 cm³/mol. The van der Waals surface area contributed by atoms with Crippen molar-refractivity contribution in [3.63, 3.8) is 0 Å². The number of nitrogens with one attached hydrogen (secondary N) is 1. The number of furan rings is 1. The van der Waals surface area contributed by atoms with Gasteiger partial charge in [0.05, 0.1) is 12.3 Å². The Morgan fingerprint density at radius 1 is 1.40 bits per heavy atom. The Bertz CT molecular complexity index is 314. The van der Waals surface area contributed by atoms with Gasteiger partial charge in [0.1, 0.15) is 5.76 Å². The van der Waals surface area contributed by atoms with Crippen LogP contribution in [0.5, 0.6) is 0 Å². The molecule has 0 spiro atoms. The molecule has 1 saturated carbocycles. The van der Waals surface area contributed by atoms with E-state index in [9.17, 15) is 0 Å². The van der Waals surface area contributed by atoms with Crippen LogP contribution in [0.2, 0.25) is 0 Å². The van der Waals surface area contributed by atoms with Crippen LogP contribution in [0.3, 0.4) is 0 Å². The number of aryl methyl sites for hydroxylation is 1. The maximum atomic E-state index is 5.50. The third kappa shape index (κ3) is 2.25. The molecule has 1 aromatic rings. The Kier molecular flexibility index (Phi) is 3.15. The van der Waals surface area contributed by atoms with Crippen molar-refractivity contribution in [2.75, 3.05) is 0 Å². The first-order chi connectivity index (χ1) is 7.18. The minimum absolute atomic E-state index is 0.329. The summed E-state index contributed by atoms with van der Waals surface area (Å²) in [5, 5.41) is 3.63. The highest BCUT2D eigenvalue weighted by atomic mass is 16.3. The van der Waals surface area contributed by atoms with Crippen LogP contribution in [0.25, 0.3) is 0 Å². The first kappa shape index (κ1) is 10.7. The molecule has 2 heteroatoms. The van der Waals surface area contributed by atoms with E-state index in [1.54, 1.807) is 6.26 Å². The van der Waals surface area contributed by atoms with Crippen molar-refractivity contribution < 1.29 is 4.42 Å². The van der Waals surface area contributed by atoms with Gasteiger partial charge in [-0.25, -0.2) is 0 Å². The highest BCUT2D eigenvalue weighted by molar-refractivity contribution is 5.17. The lowest BCUT2D eigenvalue weighted by atomic mass is 9.80. The van der Waals surface area contributed by atoms with Crippen molar-refractivity contribution >= 4 is 0 Å². The first-order valence-electron chi connectivity index (χ1n) is 5.98. The molecule has 2 atom stereocenters. The second kappa shape index (κ2) is 4.40. The van der Waals surface area contributed by atoms with Gasteiger partial charge in [-0.1, -0.05) is 6.42 Å². The molecule has 2 rings (SSSR count). The number of hydrogen-bond acceptors (Lipinski definition) is 2. The fourth-order valence-corrected chi connectivity index (χ4v) is 2.37. The molecule has 0 aromatic carbocycles. The van der Waals surface area contributed by atoms with Crippen molar-refractivity contribution in [3.05, 3.63) is 23.7 Å². The van der Waals surface area contributed by atoms with Crippen molar-refractivity contribution in [3.8, 4) is 0 Å². The summed E-state index contributed by atoms with van der Waals surface area (Å²) in [7, 11) is 0. The lowest BCUT2D eigenvalue weighted by molar-refractivity contribution is 0.223. The lowest BCUT2D eigenvalue weighted by Gasteiger charge is -2.33. The van der Waals surface area contributed by atoms with E-state index in [2.05, 4.69) is 26.1 Å². The molecular formula is C13H21NO. The largest absolute Gasteiger partial charge is 0.467 e. The van der Waals surface area contributed by atoms with Gasteiger partial charge in [0.2, 0.25) is 0 Å². The number of hydrogen-bond donors (Lipinski definition) is 1. The fourth-order valence-electron chi connectivity index (χ4n) is 2.37. The normalized spacial score (nSPS) is 21.0. The fraction of sp³-hybridized carbons (Fsp3) is 0.692. The summed E-state index contributed by atoms with van der Waals surface area (Å²) >= 11 is 0. The van der Waals surface area contributed by atoms with E-state index in [0.717, 1.165) is 11.7 Å². The first-order valence-corrected chi connectivity index (χ1v) is 5.98. The van der Waals surface area contributed by atoms with Crippen LogP contribution in [0.1, 0.15) is 50.5 Å². The molecule has 1 N–H and O–H groups in total. The van der Waals surface area contributed by atoms with Crippen LogP contribution >= 0.6 is 0 Å². The molecule has 0 saturated heterocycles. The highest BCUT2D eigenvalue weighted by Crippen LogP contribution is 2.30. The van der Waals surface area contributed by atoms with Crippen LogP contribution in [-0.4, -0.2) is 6.04 Å². The summed E-state index contributed by atoms with van der Waals surface area (Å²) in [5.74, 6) is 1.96. The molecule has 1 aliphatic rings. The van der Waals surface area contributed by atoms with Crippen molar-refractivity contribution in [1.82, 2.24) is 5.32 Å². The molecule has 0 bridgehead atoms. The molecule has 0 amide bonds. The van der Waals surface area contributed by atoms with Crippen molar-refractivity contribution in [2.45, 2.75) is 52.1 Å². The van der Waals surface area contributed by atoms with Gasteiger partial charge in [-0.05, 0) is 51.2 Å². The van der Waals surface area contributed by atoms with Gasteiger partial charge in [0, 0.05) is 6.04 Å². The van der Waals surface area contributed by atoms with Crippen LogP contribution < -0.4 is 5.32 Å². The molecule has 1 heterocycles. The minimum Gasteiger partial charge on any atom is -0.467 e. The average Bonchev–Trinajstić information content (AvgIpc) is 2.47. The van der Waals surface area contributed by atoms with Gasteiger partial charge in [-0.3, -0.25) is 0 Å². The lowest BCUT2D eigenvalue weighted by Crippen LogP contribution is -2.38. The summed E-state index contributed by atoms with van der Waals surface area (Å²) in [6, 6.07) is 2.97. The Balaban J connectivity index is 1.91. The van der Waals surface area contributed by atoms with E-state index >= 15 is 0 Å². The standard InChI is InChI=1S/C13H21NO/c1-9-7-8-15-13(9)11(3)14-10(2)12-5-4-6-12/h7-8,10-12,14H,4-6H2,1-3H3. The maximum Gasteiger partial charge on any atom is 0.123 e. The third-order valence-electron chi connectivity index (χ3n) is 3.66. The predicted octanol–water partition coefficient (Wildman–Crippen LogP) is 3.43. The van der Waals surface area contributed by atoms with Gasteiger partial charge < -0.3 is 9.73 Å². The Morgan fingerprint density at radius 3 is 2.60 bits per heavy atom. The molecule has 0 aliphatic heterocycles. The topological polar surface area (TPSA) is 25.2 Å². The average molecular weight is 207 g/mol. The van der Waals surface area contributed by atoms with Crippen LogP contribution in [0, 0.1) is 12.8 Å². The van der Waals surface area contributed by atoms with E-state index in [1.165, 1.54) is 24.8 Å². The van der Waals surface area contributed by atoms with E-state index in [-0.39, 0.29) is 0 Å². The SMILES string of the molecule is Cc1ccoc1C(C)NC(C)C1CCC1. The number of rotatable bonds is 4. The second-order valence-electron chi connectivity index (χ2n) is 4.84. The van der Waals surface area contributed by atoms with E-state index in [0.29, 0.717) is 12.1 Å². The van der Waals surface area contributed by atoms with Gasteiger partial charge in [-0.2, -0.15) is 0 Å². The van der Waals surface area contributed by atoms with Gasteiger partial charge in [-0.15, -0.1) is 0 Å². The summed E-state index contributed by atoms with van der Waals surface area (Å²) in [6.45, 7) is 6.57. The van der Waals surface area contributed by atoms with E-state index in [1.807, 2.05) is 6.07 Å². The molecule has 1 aliphatic carbocycles. The molecule has 1 aromatic heterocycles. The van der Waals surface area contributed by atoms with Crippen molar-refractivity contribution in [2.24, 2.45) is 5.92 Å². The monoisotopic (exact) mass is 207 g/mol. The zero-order valence-electron chi connectivity index (χ0n) is 9.92. The van der Waals surface area contributed by atoms with E-state index < -0.39 is 0 Å². The Hall–Kier alpha value is -0.760. The highest BCUT2D eigenvalue weighted by Gasteiger charge is 2.25. The molecule has 0 radical (unpaired) electrons. The van der Waals surface area contributed by atoms with Crippen LogP contribution in [-0.2, 0) is 0 Å². The van der Waals surface area contributed by atoms with Crippen molar-refractivity contribution in [1.29, 1.82) is 0 Å². The third-order valence-corrected chi connectivity index (χ3v) is 3.66. The minimum atomic E-state index is 0.329. The molecule has 15 heavy (non-hydrogen) atoms. The maximum absolute atomic E-state index is 5.50.